The third-order valence-electron chi connectivity index (χ3n) is 6.75. The molecule has 1 fully saturated rings. The maximum absolute atomic E-state index is 13.1. The summed E-state index contributed by atoms with van der Waals surface area (Å²) in [6, 6.07) is 12.8. The highest BCUT2D eigenvalue weighted by molar-refractivity contribution is 5.95. The average Bonchev–Trinajstić information content (AvgIpc) is 2.86. The molecule has 0 aromatic heterocycles. The number of aryl methyl sites for hydroxylation is 1. The molecule has 2 amide bonds. The summed E-state index contributed by atoms with van der Waals surface area (Å²) in [6.07, 6.45) is 0. The van der Waals surface area contributed by atoms with Crippen molar-refractivity contribution in [1.82, 2.24) is 15.5 Å². The van der Waals surface area contributed by atoms with Crippen LogP contribution in [0.5, 0.6) is 5.75 Å². The van der Waals surface area contributed by atoms with Gasteiger partial charge in [0, 0.05) is 44.1 Å². The molecule has 1 atom stereocenters. The minimum atomic E-state index is -0.621. The molecule has 0 spiro atoms. The molecule has 2 aliphatic heterocycles. The largest absolute Gasteiger partial charge is 0.497 e. The SMILES string of the molecule is CCOC(=O)C1=C(CN2CCN(c3cccc(C)c3C)CC2)NC(=O)NC1c1cccc(OC)c1. The maximum atomic E-state index is 13.1. The van der Waals surface area contributed by atoms with E-state index in [0.717, 1.165) is 31.7 Å². The van der Waals surface area contributed by atoms with Crippen LogP contribution in [0.25, 0.3) is 0 Å². The van der Waals surface area contributed by atoms with Crippen molar-refractivity contribution < 1.29 is 19.1 Å². The highest BCUT2D eigenvalue weighted by Gasteiger charge is 2.35. The van der Waals surface area contributed by atoms with Gasteiger partial charge in [-0.1, -0.05) is 24.3 Å². The molecule has 35 heavy (non-hydrogen) atoms. The van der Waals surface area contributed by atoms with Crippen LogP contribution >= 0.6 is 0 Å². The molecule has 0 saturated carbocycles. The van der Waals surface area contributed by atoms with E-state index in [1.165, 1.54) is 16.8 Å². The lowest BCUT2D eigenvalue weighted by Crippen LogP contribution is -2.52. The zero-order chi connectivity index (χ0) is 24.9. The lowest BCUT2D eigenvalue weighted by Gasteiger charge is -2.38. The number of ether oxygens (including phenoxy) is 2. The molecule has 2 N–H and O–H groups in total. The highest BCUT2D eigenvalue weighted by Crippen LogP contribution is 2.30. The van der Waals surface area contributed by atoms with Gasteiger partial charge in [-0.15, -0.1) is 0 Å². The molecule has 0 aliphatic carbocycles. The Morgan fingerprint density at radius 2 is 1.83 bits per heavy atom. The topological polar surface area (TPSA) is 83.1 Å². The van der Waals surface area contributed by atoms with Gasteiger partial charge in [-0.05, 0) is 55.7 Å². The molecule has 8 nitrogen and oxygen atoms in total. The van der Waals surface area contributed by atoms with Crippen molar-refractivity contribution in [3.8, 4) is 5.75 Å². The number of nitrogens with zero attached hydrogens (tertiary/aromatic N) is 2. The fraction of sp³-hybridized carbons (Fsp3) is 0.407. The van der Waals surface area contributed by atoms with E-state index in [2.05, 4.69) is 52.5 Å². The van der Waals surface area contributed by atoms with Crippen molar-refractivity contribution in [2.75, 3.05) is 51.3 Å². The Morgan fingerprint density at radius 1 is 1.09 bits per heavy atom. The summed E-state index contributed by atoms with van der Waals surface area (Å²) in [4.78, 5) is 30.4. The number of amides is 2. The normalized spacial score (nSPS) is 18.7. The Labute approximate surface area is 206 Å². The summed E-state index contributed by atoms with van der Waals surface area (Å²) >= 11 is 0. The smallest absolute Gasteiger partial charge is 0.338 e. The molecule has 186 valence electrons. The third kappa shape index (κ3) is 5.43. The van der Waals surface area contributed by atoms with Crippen molar-refractivity contribution in [3.05, 3.63) is 70.4 Å². The molecule has 0 bridgehead atoms. The maximum Gasteiger partial charge on any atom is 0.338 e. The van der Waals surface area contributed by atoms with Crippen LogP contribution in [0.15, 0.2) is 53.7 Å². The first-order valence-corrected chi connectivity index (χ1v) is 12.1. The number of anilines is 1. The number of methoxy groups -OCH3 is 1. The quantitative estimate of drug-likeness (QED) is 0.594. The summed E-state index contributed by atoms with van der Waals surface area (Å²) < 4.78 is 10.8. The van der Waals surface area contributed by atoms with Crippen LogP contribution in [0.1, 0.15) is 29.7 Å². The third-order valence-corrected chi connectivity index (χ3v) is 6.75. The number of carbonyl (C=O) groups excluding carboxylic acids is 2. The van der Waals surface area contributed by atoms with Gasteiger partial charge in [0.2, 0.25) is 0 Å². The Hall–Kier alpha value is -3.52. The zero-order valence-corrected chi connectivity index (χ0v) is 20.9. The molecule has 1 unspecified atom stereocenters. The Bertz CT molecular complexity index is 1120. The van der Waals surface area contributed by atoms with Gasteiger partial charge in [0.25, 0.3) is 0 Å². The summed E-state index contributed by atoms with van der Waals surface area (Å²) in [5.74, 6) is 0.222. The molecular weight excluding hydrogens is 444 g/mol. The molecule has 4 rings (SSSR count). The number of nitrogens with one attached hydrogen (secondary N) is 2. The van der Waals surface area contributed by atoms with Gasteiger partial charge in [-0.3, -0.25) is 4.90 Å². The fourth-order valence-corrected chi connectivity index (χ4v) is 4.71. The first kappa shape index (κ1) is 24.6. The van der Waals surface area contributed by atoms with Crippen LogP contribution in [-0.4, -0.2) is 63.3 Å². The number of urea groups is 1. The van der Waals surface area contributed by atoms with Gasteiger partial charge in [0.1, 0.15) is 5.75 Å². The number of carbonyl (C=O) groups is 2. The predicted molar refractivity (Wildman–Crippen MR) is 136 cm³/mol. The second kappa shape index (κ2) is 10.8. The van der Waals surface area contributed by atoms with E-state index in [9.17, 15) is 9.59 Å². The van der Waals surface area contributed by atoms with Crippen LogP contribution in [0.4, 0.5) is 10.5 Å². The second-order valence-electron chi connectivity index (χ2n) is 8.90. The number of hydrogen-bond donors (Lipinski definition) is 2. The molecule has 0 radical (unpaired) electrons. The molecule has 2 aromatic carbocycles. The minimum Gasteiger partial charge on any atom is -0.497 e. The Kier molecular flexibility index (Phi) is 7.60. The lowest BCUT2D eigenvalue weighted by molar-refractivity contribution is -0.139. The van der Waals surface area contributed by atoms with Crippen LogP contribution in [0.3, 0.4) is 0 Å². The van der Waals surface area contributed by atoms with Gasteiger partial charge >= 0.3 is 12.0 Å². The van der Waals surface area contributed by atoms with Gasteiger partial charge in [0.15, 0.2) is 0 Å². The summed E-state index contributed by atoms with van der Waals surface area (Å²) in [7, 11) is 1.59. The minimum absolute atomic E-state index is 0.253. The standard InChI is InChI=1S/C27H34N4O4/c1-5-35-26(32)24-22(28-27(33)29-25(24)20-9-7-10-21(16-20)34-4)17-30-12-14-31(15-13-30)23-11-6-8-18(2)19(23)3/h6-11,16,25H,5,12-15,17H2,1-4H3,(H2,28,29,33). The van der Waals surface area contributed by atoms with Crippen LogP contribution in [0, 0.1) is 13.8 Å². The first-order valence-electron chi connectivity index (χ1n) is 12.1. The van der Waals surface area contributed by atoms with Crippen molar-refractivity contribution >= 4 is 17.7 Å². The highest BCUT2D eigenvalue weighted by atomic mass is 16.5. The number of benzene rings is 2. The Balaban J connectivity index is 1.57. The molecule has 1 saturated heterocycles. The van der Waals surface area contributed by atoms with E-state index in [1.807, 2.05) is 24.3 Å². The van der Waals surface area contributed by atoms with E-state index in [0.29, 0.717) is 23.6 Å². The zero-order valence-electron chi connectivity index (χ0n) is 20.9. The molecule has 2 aromatic rings. The van der Waals surface area contributed by atoms with Crippen molar-refractivity contribution in [3.63, 3.8) is 0 Å². The lowest BCUT2D eigenvalue weighted by atomic mass is 9.94. The number of esters is 1. The molecule has 2 heterocycles. The van der Waals surface area contributed by atoms with E-state index < -0.39 is 12.0 Å². The van der Waals surface area contributed by atoms with Gasteiger partial charge in [-0.2, -0.15) is 0 Å². The molecule has 8 heteroatoms. The van der Waals surface area contributed by atoms with Gasteiger partial charge < -0.3 is 25.0 Å². The molecule has 2 aliphatic rings. The monoisotopic (exact) mass is 478 g/mol. The van der Waals surface area contributed by atoms with E-state index in [1.54, 1.807) is 14.0 Å². The van der Waals surface area contributed by atoms with Crippen molar-refractivity contribution in [2.24, 2.45) is 0 Å². The van der Waals surface area contributed by atoms with E-state index >= 15 is 0 Å². The number of rotatable bonds is 7. The van der Waals surface area contributed by atoms with E-state index in [-0.39, 0.29) is 12.6 Å². The number of hydrogen-bond acceptors (Lipinski definition) is 6. The summed E-state index contributed by atoms with van der Waals surface area (Å²) in [5.41, 5.74) is 5.64. The average molecular weight is 479 g/mol. The van der Waals surface area contributed by atoms with Crippen LogP contribution in [-0.2, 0) is 9.53 Å². The first-order chi connectivity index (χ1) is 16.9. The van der Waals surface area contributed by atoms with Gasteiger partial charge in [0.05, 0.1) is 25.3 Å². The summed E-state index contributed by atoms with van der Waals surface area (Å²) in [6.45, 7) is 10.2. The van der Waals surface area contributed by atoms with Gasteiger partial charge in [-0.25, -0.2) is 9.59 Å². The van der Waals surface area contributed by atoms with Crippen LogP contribution < -0.4 is 20.3 Å². The van der Waals surface area contributed by atoms with Crippen molar-refractivity contribution in [2.45, 2.75) is 26.8 Å². The fourth-order valence-electron chi connectivity index (χ4n) is 4.71. The predicted octanol–water partition coefficient (Wildman–Crippen LogP) is 3.31. The van der Waals surface area contributed by atoms with E-state index in [4.69, 9.17) is 9.47 Å². The molecular formula is C27H34N4O4. The summed E-state index contributed by atoms with van der Waals surface area (Å²) in [5, 5.41) is 5.77. The Morgan fingerprint density at radius 3 is 2.54 bits per heavy atom. The van der Waals surface area contributed by atoms with Crippen molar-refractivity contribution in [1.29, 1.82) is 0 Å². The number of piperazine rings is 1. The van der Waals surface area contributed by atoms with Crippen LogP contribution in [0.2, 0.25) is 0 Å². The second-order valence-corrected chi connectivity index (χ2v) is 8.90.